The van der Waals surface area contributed by atoms with E-state index in [2.05, 4.69) is 23.6 Å². The van der Waals surface area contributed by atoms with Crippen molar-refractivity contribution in [3.8, 4) is 0 Å². The number of hydrogen-bond donors (Lipinski definition) is 1. The van der Waals surface area contributed by atoms with Gasteiger partial charge in [-0.2, -0.15) is 5.10 Å². The normalized spacial score (nSPS) is 21.1. The number of ether oxygens (including phenoxy) is 2. The van der Waals surface area contributed by atoms with E-state index in [1.165, 1.54) is 5.56 Å². The van der Waals surface area contributed by atoms with Crippen LogP contribution in [0.15, 0.2) is 36.5 Å². The predicted octanol–water partition coefficient (Wildman–Crippen LogP) is 2.77. The summed E-state index contributed by atoms with van der Waals surface area (Å²) in [6.45, 7) is 2.60. The molecule has 28 heavy (non-hydrogen) atoms. The van der Waals surface area contributed by atoms with Gasteiger partial charge in [0.2, 0.25) is 5.91 Å². The minimum Gasteiger partial charge on any atom is -0.383 e. The zero-order chi connectivity index (χ0) is 19.4. The fourth-order valence-corrected chi connectivity index (χ4v) is 4.46. The van der Waals surface area contributed by atoms with Crippen LogP contribution in [0, 0.1) is 0 Å². The maximum absolute atomic E-state index is 13.6. The van der Waals surface area contributed by atoms with Crippen LogP contribution in [0.2, 0.25) is 0 Å². The van der Waals surface area contributed by atoms with Gasteiger partial charge < -0.3 is 14.8 Å². The van der Waals surface area contributed by atoms with Gasteiger partial charge in [0.1, 0.15) is 0 Å². The highest BCUT2D eigenvalue weighted by Gasteiger charge is 2.43. The van der Waals surface area contributed by atoms with Gasteiger partial charge in [0.15, 0.2) is 0 Å². The van der Waals surface area contributed by atoms with E-state index >= 15 is 0 Å². The molecule has 1 N–H and O–H groups in total. The van der Waals surface area contributed by atoms with Crippen molar-refractivity contribution in [1.82, 2.24) is 15.1 Å². The molecule has 6 nitrogen and oxygen atoms in total. The van der Waals surface area contributed by atoms with E-state index in [4.69, 9.17) is 14.6 Å². The van der Waals surface area contributed by atoms with Gasteiger partial charge in [0.05, 0.1) is 30.3 Å². The Morgan fingerprint density at radius 2 is 2.11 bits per heavy atom. The molecule has 1 aliphatic carbocycles. The number of methoxy groups -OCH3 is 1. The van der Waals surface area contributed by atoms with Gasteiger partial charge in [-0.25, -0.2) is 0 Å². The van der Waals surface area contributed by atoms with Crippen molar-refractivity contribution >= 4 is 5.91 Å². The molecule has 0 spiro atoms. The first kappa shape index (κ1) is 19.2. The monoisotopic (exact) mass is 383 g/mol. The summed E-state index contributed by atoms with van der Waals surface area (Å²) in [5.41, 5.74) is 2.83. The van der Waals surface area contributed by atoms with Crippen LogP contribution in [-0.4, -0.2) is 42.6 Å². The Bertz CT molecular complexity index is 797. The van der Waals surface area contributed by atoms with Crippen LogP contribution < -0.4 is 5.32 Å². The van der Waals surface area contributed by atoms with Gasteiger partial charge in [-0.05, 0) is 43.2 Å². The molecule has 0 bridgehead atoms. The first-order valence-electron chi connectivity index (χ1n) is 10.2. The van der Waals surface area contributed by atoms with Gasteiger partial charge in [-0.3, -0.25) is 9.48 Å². The molecular weight excluding hydrogens is 354 g/mol. The van der Waals surface area contributed by atoms with Crippen LogP contribution >= 0.6 is 0 Å². The van der Waals surface area contributed by atoms with Crippen molar-refractivity contribution in [2.75, 3.05) is 26.9 Å². The minimum atomic E-state index is -0.518. The van der Waals surface area contributed by atoms with Crippen LogP contribution in [0.4, 0.5) is 0 Å². The third kappa shape index (κ3) is 3.71. The molecule has 2 aliphatic rings. The summed E-state index contributed by atoms with van der Waals surface area (Å²) in [6, 6.07) is 10.1. The fraction of sp³-hybridized carbons (Fsp3) is 0.545. The number of hydrogen-bond acceptors (Lipinski definition) is 4. The van der Waals surface area contributed by atoms with Crippen LogP contribution in [0.1, 0.15) is 48.5 Å². The lowest BCUT2D eigenvalue weighted by Crippen LogP contribution is -2.49. The first-order chi connectivity index (χ1) is 13.7. The number of fused-ring (bicyclic) bond motifs is 1. The fourth-order valence-electron chi connectivity index (χ4n) is 4.46. The van der Waals surface area contributed by atoms with E-state index in [1.54, 1.807) is 7.11 Å². The van der Waals surface area contributed by atoms with E-state index < -0.39 is 5.41 Å². The molecule has 4 rings (SSSR count). The Morgan fingerprint density at radius 3 is 2.86 bits per heavy atom. The minimum absolute atomic E-state index is 0.0246. The Kier molecular flexibility index (Phi) is 5.78. The third-order valence-electron chi connectivity index (χ3n) is 6.08. The molecule has 6 heteroatoms. The van der Waals surface area contributed by atoms with Crippen molar-refractivity contribution in [2.24, 2.45) is 0 Å². The Morgan fingerprint density at radius 1 is 1.32 bits per heavy atom. The average Bonchev–Trinajstić information content (AvgIpc) is 3.17. The highest BCUT2D eigenvalue weighted by atomic mass is 16.5. The average molecular weight is 383 g/mol. The number of nitrogens with one attached hydrogen (secondary N) is 1. The second-order valence-electron chi connectivity index (χ2n) is 7.77. The predicted molar refractivity (Wildman–Crippen MR) is 106 cm³/mol. The summed E-state index contributed by atoms with van der Waals surface area (Å²) < 4.78 is 12.7. The zero-order valence-corrected chi connectivity index (χ0v) is 16.5. The quantitative estimate of drug-likeness (QED) is 0.833. The van der Waals surface area contributed by atoms with Gasteiger partial charge >= 0.3 is 0 Å². The molecule has 1 saturated heterocycles. The summed E-state index contributed by atoms with van der Waals surface area (Å²) in [6.07, 6.45) is 6.55. The highest BCUT2D eigenvalue weighted by molar-refractivity contribution is 5.88. The Balaban J connectivity index is 1.57. The van der Waals surface area contributed by atoms with E-state index in [9.17, 15) is 4.79 Å². The van der Waals surface area contributed by atoms with Crippen LogP contribution in [-0.2, 0) is 32.6 Å². The molecule has 1 amide bonds. The molecule has 150 valence electrons. The largest absolute Gasteiger partial charge is 0.383 e. The molecule has 2 heterocycles. The van der Waals surface area contributed by atoms with Gasteiger partial charge in [-0.1, -0.05) is 30.3 Å². The summed E-state index contributed by atoms with van der Waals surface area (Å²) in [4.78, 5) is 13.6. The second-order valence-corrected chi connectivity index (χ2v) is 7.77. The van der Waals surface area contributed by atoms with Crippen molar-refractivity contribution in [2.45, 2.75) is 50.1 Å². The van der Waals surface area contributed by atoms with E-state index in [0.29, 0.717) is 32.7 Å². The smallest absolute Gasteiger partial charge is 0.231 e. The van der Waals surface area contributed by atoms with E-state index in [1.807, 2.05) is 22.9 Å². The van der Waals surface area contributed by atoms with Gasteiger partial charge in [0.25, 0.3) is 0 Å². The molecule has 1 atom stereocenters. The number of aryl methyl sites for hydroxylation is 1. The first-order valence-corrected chi connectivity index (χ1v) is 10.2. The topological polar surface area (TPSA) is 65.4 Å². The number of carbonyl (C=O) groups excluding carboxylic acids is 1. The van der Waals surface area contributed by atoms with Crippen molar-refractivity contribution in [3.05, 3.63) is 53.3 Å². The number of carbonyl (C=O) groups is 1. The van der Waals surface area contributed by atoms with Crippen molar-refractivity contribution in [1.29, 1.82) is 0 Å². The van der Waals surface area contributed by atoms with Crippen LogP contribution in [0.25, 0.3) is 0 Å². The molecule has 0 radical (unpaired) electrons. The zero-order valence-electron chi connectivity index (χ0n) is 16.5. The van der Waals surface area contributed by atoms with Crippen LogP contribution in [0.3, 0.4) is 0 Å². The number of rotatable bonds is 6. The third-order valence-corrected chi connectivity index (χ3v) is 6.08. The molecule has 0 saturated carbocycles. The highest BCUT2D eigenvalue weighted by Crippen LogP contribution is 2.37. The summed E-state index contributed by atoms with van der Waals surface area (Å²) in [5, 5.41) is 8.11. The summed E-state index contributed by atoms with van der Waals surface area (Å²) in [5.74, 6) is 0.103. The SMILES string of the molecule is COCCn1cc2c(n1)[C@H](NC(=O)C1(c3ccccc3)CCOCC1)CCC2. The molecular formula is C22H29N3O3. The molecule has 1 aliphatic heterocycles. The second kappa shape index (κ2) is 8.45. The lowest BCUT2D eigenvalue weighted by Gasteiger charge is -2.37. The maximum Gasteiger partial charge on any atom is 0.231 e. The Hall–Kier alpha value is -2.18. The number of nitrogens with zero attached hydrogens (tertiary/aromatic N) is 2. The number of aromatic nitrogens is 2. The van der Waals surface area contributed by atoms with Crippen molar-refractivity contribution in [3.63, 3.8) is 0 Å². The summed E-state index contributed by atoms with van der Waals surface area (Å²) in [7, 11) is 1.70. The van der Waals surface area contributed by atoms with Crippen molar-refractivity contribution < 1.29 is 14.3 Å². The molecule has 1 aromatic carbocycles. The lowest BCUT2D eigenvalue weighted by molar-refractivity contribution is -0.131. The molecule has 1 fully saturated rings. The molecule has 1 aromatic heterocycles. The lowest BCUT2D eigenvalue weighted by atomic mass is 9.73. The maximum atomic E-state index is 13.6. The molecule has 2 aromatic rings. The Labute approximate surface area is 166 Å². The van der Waals surface area contributed by atoms with Crippen LogP contribution in [0.5, 0.6) is 0 Å². The number of benzene rings is 1. The van der Waals surface area contributed by atoms with Gasteiger partial charge in [-0.15, -0.1) is 0 Å². The standard InChI is InChI=1S/C22H29N3O3/c1-27-15-12-25-16-17-6-5-9-19(20(17)24-25)23-21(26)22(10-13-28-14-11-22)18-7-3-2-4-8-18/h2-4,7-8,16,19H,5-6,9-15H2,1H3,(H,23,26)/t19-/m1/s1. The van der Waals surface area contributed by atoms with E-state index in [-0.39, 0.29) is 11.9 Å². The summed E-state index contributed by atoms with van der Waals surface area (Å²) >= 11 is 0. The molecule has 0 unspecified atom stereocenters. The number of amides is 1. The van der Waals surface area contributed by atoms with E-state index in [0.717, 1.165) is 37.1 Å². The van der Waals surface area contributed by atoms with Gasteiger partial charge in [0, 0.05) is 26.5 Å².